The van der Waals surface area contributed by atoms with Gasteiger partial charge in [0.05, 0.1) is 35.2 Å². The van der Waals surface area contributed by atoms with E-state index in [1.54, 1.807) is 0 Å². The Bertz CT molecular complexity index is 860. The molecule has 0 aliphatic carbocycles. The molecule has 0 saturated heterocycles. The van der Waals surface area contributed by atoms with Gasteiger partial charge in [0.25, 0.3) is 0 Å². The van der Waals surface area contributed by atoms with Crippen molar-refractivity contribution < 1.29 is 13.1 Å². The fraction of sp³-hybridized carbons (Fsp3) is 0.143. The molecule has 0 amide bonds. The zero-order chi connectivity index (χ0) is 19.6. The number of aromatic nitrogens is 1. The Labute approximate surface area is 175 Å². The molecule has 0 bridgehead atoms. The van der Waals surface area contributed by atoms with Crippen molar-refractivity contribution in [3.63, 3.8) is 0 Å². The van der Waals surface area contributed by atoms with Crippen LogP contribution < -0.4 is 0 Å². The molecule has 142 valence electrons. The molecule has 1 aromatic heterocycles. The van der Waals surface area contributed by atoms with Gasteiger partial charge >= 0.3 is 33.3 Å². The van der Waals surface area contributed by atoms with Crippen LogP contribution in [0.1, 0.15) is 22.5 Å². The molecule has 0 aliphatic heterocycles. The van der Waals surface area contributed by atoms with Gasteiger partial charge in [-0.15, -0.1) is 0 Å². The summed E-state index contributed by atoms with van der Waals surface area (Å²) >= 11 is 0.194. The van der Waals surface area contributed by atoms with Crippen molar-refractivity contribution in [1.82, 2.24) is 4.57 Å². The minimum atomic E-state index is 0.194. The topological polar surface area (TPSA) is 29.6 Å². The predicted molar refractivity (Wildman–Crippen MR) is 114 cm³/mol. The van der Waals surface area contributed by atoms with Crippen molar-refractivity contribution in [1.29, 1.82) is 0 Å². The molecule has 2 aromatic carbocycles. The van der Waals surface area contributed by atoms with Crippen LogP contribution in [-0.4, -0.2) is 17.0 Å². The second kappa shape index (κ2) is 11.1. The van der Waals surface area contributed by atoms with Gasteiger partial charge in [0.2, 0.25) is 0 Å². The second-order valence-corrected chi connectivity index (χ2v) is 7.71. The first-order chi connectivity index (χ1) is 13.1. The number of hydrogen-bond acceptors (Lipinski definition) is 2. The Kier molecular flexibility index (Phi) is 8.83. The number of halogens is 2. The van der Waals surface area contributed by atoms with Crippen LogP contribution in [0.4, 0.5) is 11.4 Å². The van der Waals surface area contributed by atoms with Crippen molar-refractivity contribution in [2.24, 2.45) is 17.0 Å². The predicted octanol–water partition coefficient (Wildman–Crippen LogP) is 6.52. The average molecular weight is 442 g/mol. The quantitative estimate of drug-likeness (QED) is 0.325. The monoisotopic (exact) mass is 441 g/mol. The molecule has 1 heterocycles. The number of benzene rings is 2. The molecule has 0 saturated carbocycles. The standard InChI is InChI=1S/C21H21N3.2ClH.Fe/c1-16-8-4-6-10-20(16)22-14-18-12-13-19(24(18)3)15-23-21-11-7-5-9-17(21)2;;;/h4-15H,1-3H3;2*1H;/q;;;+2/p-2. The van der Waals surface area contributed by atoms with Crippen LogP contribution in [0.15, 0.2) is 70.6 Å². The summed E-state index contributed by atoms with van der Waals surface area (Å²) in [6.45, 7) is 4.13. The van der Waals surface area contributed by atoms with Crippen LogP contribution in [0, 0.1) is 13.8 Å². The van der Waals surface area contributed by atoms with Crippen LogP contribution >= 0.6 is 20.2 Å². The number of nitrogens with zero attached hydrogens (tertiary/aromatic N) is 3. The summed E-state index contributed by atoms with van der Waals surface area (Å²) in [5.41, 5.74) is 6.42. The van der Waals surface area contributed by atoms with E-state index in [1.807, 2.05) is 55.9 Å². The van der Waals surface area contributed by atoms with Crippen LogP contribution in [0.5, 0.6) is 0 Å². The van der Waals surface area contributed by atoms with E-state index in [1.165, 1.54) is 11.1 Å². The van der Waals surface area contributed by atoms with Gasteiger partial charge in [-0.3, -0.25) is 9.98 Å². The van der Waals surface area contributed by atoms with Gasteiger partial charge in [-0.2, -0.15) is 0 Å². The van der Waals surface area contributed by atoms with Gasteiger partial charge in [-0.25, -0.2) is 0 Å². The maximum absolute atomic E-state index is 4.76. The van der Waals surface area contributed by atoms with Crippen LogP contribution in [0.2, 0.25) is 0 Å². The number of aliphatic imine (C=N–C) groups is 2. The van der Waals surface area contributed by atoms with Crippen LogP contribution in [0.3, 0.4) is 0 Å². The third kappa shape index (κ3) is 6.37. The Morgan fingerprint density at radius 3 is 1.48 bits per heavy atom. The van der Waals surface area contributed by atoms with Crippen molar-refractivity contribution in [2.45, 2.75) is 13.8 Å². The first-order valence-electron chi connectivity index (χ1n) is 8.27. The molecular formula is C21H21Cl2FeN3. The number of rotatable bonds is 4. The summed E-state index contributed by atoms with van der Waals surface area (Å²) in [6.07, 6.45) is 3.79. The van der Waals surface area contributed by atoms with Crippen LogP contribution in [-0.2, 0) is 20.2 Å². The van der Waals surface area contributed by atoms with Gasteiger partial charge in [-0.05, 0) is 49.2 Å². The molecule has 0 radical (unpaired) electrons. The number of hydrogen-bond donors (Lipinski definition) is 0. The third-order valence-corrected chi connectivity index (χ3v) is 4.10. The number of aryl methyl sites for hydroxylation is 2. The van der Waals surface area contributed by atoms with E-state index in [0.29, 0.717) is 0 Å². The first-order valence-corrected chi connectivity index (χ1v) is 11.3. The molecule has 0 fully saturated rings. The Hall–Kier alpha value is -1.84. The molecule has 0 unspecified atom stereocenters. The summed E-state index contributed by atoms with van der Waals surface area (Å²) in [7, 11) is 11.6. The molecule has 3 nitrogen and oxygen atoms in total. The van der Waals surface area contributed by atoms with E-state index in [4.69, 9.17) is 20.2 Å². The molecule has 0 spiro atoms. The summed E-state index contributed by atoms with van der Waals surface area (Å²) in [5.74, 6) is 0. The van der Waals surface area contributed by atoms with Crippen molar-refractivity contribution >= 4 is 44.0 Å². The van der Waals surface area contributed by atoms with E-state index in [9.17, 15) is 0 Å². The SMILES string of the molecule is Cc1ccccc1N=Cc1ccc(C=Nc2ccccc2C)n1C.[Cl][Fe][Cl]. The molecule has 6 heteroatoms. The Balaban J connectivity index is 0.000000817. The van der Waals surface area contributed by atoms with E-state index in [0.717, 1.165) is 22.8 Å². The van der Waals surface area contributed by atoms with Gasteiger partial charge in [0.1, 0.15) is 0 Å². The Morgan fingerprint density at radius 1 is 0.741 bits per heavy atom. The van der Waals surface area contributed by atoms with Crippen molar-refractivity contribution in [2.75, 3.05) is 0 Å². The maximum atomic E-state index is 4.76. The van der Waals surface area contributed by atoms with Gasteiger partial charge in [0, 0.05) is 7.05 Å². The Morgan fingerprint density at radius 2 is 1.11 bits per heavy atom. The van der Waals surface area contributed by atoms with Crippen molar-refractivity contribution in [3.05, 3.63) is 83.2 Å². The normalized spacial score (nSPS) is 11.1. The van der Waals surface area contributed by atoms with E-state index < -0.39 is 0 Å². The fourth-order valence-electron chi connectivity index (χ4n) is 2.49. The molecule has 27 heavy (non-hydrogen) atoms. The molecule has 0 N–H and O–H groups in total. The molecule has 0 aliphatic rings. The van der Waals surface area contributed by atoms with Crippen LogP contribution in [0.25, 0.3) is 0 Å². The number of para-hydroxylation sites is 2. The van der Waals surface area contributed by atoms with Gasteiger partial charge in [0.15, 0.2) is 0 Å². The molecule has 0 atom stereocenters. The summed E-state index contributed by atoms with van der Waals surface area (Å²) in [4.78, 5) is 9.18. The summed E-state index contributed by atoms with van der Waals surface area (Å²) in [6, 6.07) is 20.4. The third-order valence-electron chi connectivity index (χ3n) is 4.10. The first kappa shape index (κ1) is 21.5. The van der Waals surface area contributed by atoms with Crippen molar-refractivity contribution in [3.8, 4) is 0 Å². The molecule has 3 rings (SSSR count). The average Bonchev–Trinajstić information content (AvgIpc) is 3.01. The second-order valence-electron chi connectivity index (χ2n) is 5.88. The van der Waals surface area contributed by atoms with E-state index in [2.05, 4.69) is 52.7 Å². The zero-order valence-electron chi connectivity index (χ0n) is 15.4. The van der Waals surface area contributed by atoms with E-state index in [-0.39, 0.29) is 13.1 Å². The zero-order valence-corrected chi connectivity index (χ0v) is 18.0. The van der Waals surface area contributed by atoms with E-state index >= 15 is 0 Å². The molecular weight excluding hydrogens is 421 g/mol. The summed E-state index contributed by atoms with van der Waals surface area (Å²) < 4.78 is 2.09. The summed E-state index contributed by atoms with van der Waals surface area (Å²) in [5, 5.41) is 0. The van der Waals surface area contributed by atoms with Gasteiger partial charge < -0.3 is 4.57 Å². The fourth-order valence-corrected chi connectivity index (χ4v) is 2.49. The van der Waals surface area contributed by atoms with Gasteiger partial charge in [-0.1, -0.05) is 36.4 Å². The minimum absolute atomic E-state index is 0.194. The molecule has 3 aromatic rings.